The van der Waals surface area contributed by atoms with Crippen LogP contribution in [0, 0.1) is 0 Å². The number of carboxylic acid groups (broad SMARTS) is 1. The first-order valence-electron chi connectivity index (χ1n) is 8.04. The molecule has 6 heteroatoms. The highest BCUT2D eigenvalue weighted by Gasteiger charge is 2.21. The molecule has 3 rings (SSSR count). The second kappa shape index (κ2) is 7.21. The molecule has 0 saturated carbocycles. The van der Waals surface area contributed by atoms with Crippen molar-refractivity contribution in [3.63, 3.8) is 0 Å². The van der Waals surface area contributed by atoms with Gasteiger partial charge in [0.2, 0.25) is 0 Å². The number of carbonyl (C=O) groups excluding carboxylic acids is 1. The molecule has 1 amide bonds. The summed E-state index contributed by atoms with van der Waals surface area (Å²) >= 11 is 0. The number of aromatic nitrogens is 1. The second-order valence-corrected chi connectivity index (χ2v) is 5.83. The van der Waals surface area contributed by atoms with E-state index in [0.717, 1.165) is 42.6 Å². The number of carboxylic acids is 1. The summed E-state index contributed by atoms with van der Waals surface area (Å²) in [7, 11) is 0. The fraction of sp³-hybridized carbons (Fsp3) is 0.333. The lowest BCUT2D eigenvalue weighted by Crippen LogP contribution is -2.24. The Kier molecular flexibility index (Phi) is 4.84. The Bertz CT molecular complexity index is 737. The molecule has 1 aliphatic heterocycles. The van der Waals surface area contributed by atoms with E-state index in [1.807, 2.05) is 34.9 Å². The van der Waals surface area contributed by atoms with E-state index in [-0.39, 0.29) is 13.2 Å². The summed E-state index contributed by atoms with van der Waals surface area (Å²) in [6.07, 6.45) is 2.35. The summed E-state index contributed by atoms with van der Waals surface area (Å²) in [5.41, 5.74) is 3.06. The lowest BCUT2D eigenvalue weighted by atomic mass is 10.1. The van der Waals surface area contributed by atoms with Crippen molar-refractivity contribution < 1.29 is 19.4 Å². The van der Waals surface area contributed by atoms with Crippen LogP contribution in [0.15, 0.2) is 36.4 Å². The molecule has 0 radical (unpaired) electrons. The Hall–Kier alpha value is -2.76. The molecular formula is C18H20N2O4. The lowest BCUT2D eigenvalue weighted by Gasteiger charge is -2.18. The molecule has 0 saturated heterocycles. The summed E-state index contributed by atoms with van der Waals surface area (Å²) < 4.78 is 7.02. The lowest BCUT2D eigenvalue weighted by molar-refractivity contribution is 0.0683. The van der Waals surface area contributed by atoms with Crippen molar-refractivity contribution in [1.82, 2.24) is 9.88 Å². The predicted octanol–water partition coefficient (Wildman–Crippen LogP) is 2.95. The minimum atomic E-state index is -0.934. The molecule has 6 nitrogen and oxygen atoms in total. The standard InChI is InChI=1S/C18H20N2O4/c21-17(22)16-10-14(15-8-4-5-9-20(15)16)11-19-18(23)24-12-13-6-2-1-3-7-13/h1-3,6-7,10H,4-5,8-9,11-12H2,(H,19,23)(H,21,22). The summed E-state index contributed by atoms with van der Waals surface area (Å²) in [5.74, 6) is -0.934. The zero-order valence-electron chi connectivity index (χ0n) is 13.3. The molecule has 126 valence electrons. The zero-order chi connectivity index (χ0) is 16.9. The second-order valence-electron chi connectivity index (χ2n) is 5.83. The van der Waals surface area contributed by atoms with Gasteiger partial charge in [0.1, 0.15) is 12.3 Å². The van der Waals surface area contributed by atoms with Crippen molar-refractivity contribution in [3.8, 4) is 0 Å². The van der Waals surface area contributed by atoms with Crippen LogP contribution >= 0.6 is 0 Å². The van der Waals surface area contributed by atoms with E-state index in [0.29, 0.717) is 5.69 Å². The van der Waals surface area contributed by atoms with Crippen molar-refractivity contribution in [2.75, 3.05) is 0 Å². The number of amides is 1. The third-order valence-corrected chi connectivity index (χ3v) is 4.20. The molecular weight excluding hydrogens is 308 g/mol. The van der Waals surface area contributed by atoms with E-state index < -0.39 is 12.1 Å². The maximum absolute atomic E-state index is 11.8. The van der Waals surface area contributed by atoms with Gasteiger partial charge >= 0.3 is 12.1 Å². The number of hydrogen-bond donors (Lipinski definition) is 2. The molecule has 0 fully saturated rings. The third kappa shape index (κ3) is 3.59. The van der Waals surface area contributed by atoms with Gasteiger partial charge in [0.05, 0.1) is 0 Å². The van der Waals surface area contributed by atoms with Crippen LogP contribution in [-0.4, -0.2) is 21.7 Å². The summed E-state index contributed by atoms with van der Waals surface area (Å²) in [6, 6.07) is 11.1. The molecule has 2 N–H and O–H groups in total. The van der Waals surface area contributed by atoms with Crippen LogP contribution < -0.4 is 5.32 Å². The topological polar surface area (TPSA) is 80.6 Å². The highest BCUT2D eigenvalue weighted by molar-refractivity contribution is 5.86. The normalized spacial score (nSPS) is 13.2. The number of carbonyl (C=O) groups is 2. The summed E-state index contributed by atoms with van der Waals surface area (Å²) in [5, 5.41) is 12.0. The van der Waals surface area contributed by atoms with Gasteiger partial charge in [-0.05, 0) is 36.5 Å². The van der Waals surface area contributed by atoms with E-state index in [1.165, 1.54) is 0 Å². The number of nitrogens with zero attached hydrogens (tertiary/aromatic N) is 1. The average Bonchev–Trinajstić information content (AvgIpc) is 2.98. The molecule has 1 aromatic heterocycles. The zero-order valence-corrected chi connectivity index (χ0v) is 13.3. The predicted molar refractivity (Wildman–Crippen MR) is 87.8 cm³/mol. The van der Waals surface area contributed by atoms with Gasteiger partial charge in [0, 0.05) is 18.8 Å². The van der Waals surface area contributed by atoms with Crippen LogP contribution in [0.3, 0.4) is 0 Å². The number of fused-ring (bicyclic) bond motifs is 1. The largest absolute Gasteiger partial charge is 0.477 e. The molecule has 24 heavy (non-hydrogen) atoms. The van der Waals surface area contributed by atoms with Crippen molar-refractivity contribution >= 4 is 12.1 Å². The van der Waals surface area contributed by atoms with Gasteiger partial charge in [0.25, 0.3) is 0 Å². The maximum Gasteiger partial charge on any atom is 0.407 e. The molecule has 2 heterocycles. The molecule has 0 bridgehead atoms. The van der Waals surface area contributed by atoms with E-state index in [9.17, 15) is 14.7 Å². The van der Waals surface area contributed by atoms with Gasteiger partial charge in [-0.15, -0.1) is 0 Å². The number of rotatable bonds is 5. The SMILES string of the molecule is O=C(NCc1cc(C(=O)O)n2c1CCCC2)OCc1ccccc1. The first-order valence-corrected chi connectivity index (χ1v) is 8.04. The number of aromatic carboxylic acids is 1. The van der Waals surface area contributed by atoms with Crippen LogP contribution in [0.25, 0.3) is 0 Å². The van der Waals surface area contributed by atoms with Gasteiger partial charge in [0.15, 0.2) is 0 Å². The number of hydrogen-bond acceptors (Lipinski definition) is 3. The Morgan fingerprint density at radius 2 is 2.00 bits per heavy atom. The smallest absolute Gasteiger partial charge is 0.407 e. The molecule has 1 aliphatic rings. The van der Waals surface area contributed by atoms with E-state index in [1.54, 1.807) is 6.07 Å². The van der Waals surface area contributed by atoms with Crippen LogP contribution in [0.1, 0.15) is 40.2 Å². The Morgan fingerprint density at radius 3 is 2.75 bits per heavy atom. The number of benzene rings is 1. The van der Waals surface area contributed by atoms with Gasteiger partial charge in [-0.3, -0.25) is 0 Å². The van der Waals surface area contributed by atoms with Crippen LogP contribution in [0.2, 0.25) is 0 Å². The number of nitrogens with one attached hydrogen (secondary N) is 1. The Labute approximate surface area is 140 Å². The molecule has 2 aromatic rings. The minimum Gasteiger partial charge on any atom is -0.477 e. The van der Waals surface area contributed by atoms with Crippen LogP contribution in [0.4, 0.5) is 4.79 Å². The van der Waals surface area contributed by atoms with Gasteiger partial charge < -0.3 is 19.7 Å². The quantitative estimate of drug-likeness (QED) is 0.884. The Morgan fingerprint density at radius 1 is 1.21 bits per heavy atom. The van der Waals surface area contributed by atoms with Crippen molar-refractivity contribution in [2.24, 2.45) is 0 Å². The fourth-order valence-corrected chi connectivity index (χ4v) is 3.03. The number of alkyl carbamates (subject to hydrolysis) is 1. The van der Waals surface area contributed by atoms with Crippen molar-refractivity contribution in [1.29, 1.82) is 0 Å². The molecule has 0 atom stereocenters. The highest BCUT2D eigenvalue weighted by Crippen LogP contribution is 2.23. The van der Waals surface area contributed by atoms with E-state index >= 15 is 0 Å². The van der Waals surface area contributed by atoms with Crippen LogP contribution in [-0.2, 0) is 30.9 Å². The summed E-state index contributed by atoms with van der Waals surface area (Å²) in [6.45, 7) is 1.20. The maximum atomic E-state index is 11.8. The van der Waals surface area contributed by atoms with Crippen LogP contribution in [0.5, 0.6) is 0 Å². The van der Waals surface area contributed by atoms with Gasteiger partial charge in [-0.25, -0.2) is 9.59 Å². The molecule has 1 aromatic carbocycles. The van der Waals surface area contributed by atoms with E-state index in [2.05, 4.69) is 5.32 Å². The third-order valence-electron chi connectivity index (χ3n) is 4.20. The molecule has 0 aliphatic carbocycles. The van der Waals surface area contributed by atoms with Gasteiger partial charge in [-0.1, -0.05) is 30.3 Å². The fourth-order valence-electron chi connectivity index (χ4n) is 3.03. The first-order chi connectivity index (χ1) is 11.6. The minimum absolute atomic E-state index is 0.209. The van der Waals surface area contributed by atoms with Gasteiger partial charge in [-0.2, -0.15) is 0 Å². The summed E-state index contributed by atoms with van der Waals surface area (Å²) in [4.78, 5) is 23.2. The monoisotopic (exact) mass is 328 g/mol. The molecule has 0 spiro atoms. The first kappa shape index (κ1) is 16.1. The van der Waals surface area contributed by atoms with Crippen molar-refractivity contribution in [2.45, 2.75) is 39.0 Å². The highest BCUT2D eigenvalue weighted by atomic mass is 16.5. The average molecular weight is 328 g/mol. The Balaban J connectivity index is 1.60. The number of ether oxygens (including phenoxy) is 1. The molecule has 0 unspecified atom stereocenters. The van der Waals surface area contributed by atoms with E-state index in [4.69, 9.17) is 4.74 Å². The van der Waals surface area contributed by atoms with Crippen molar-refractivity contribution in [3.05, 3.63) is 58.9 Å².